The molecule has 0 amide bonds. The lowest BCUT2D eigenvalue weighted by atomic mass is 10.5. The molecule has 3 N–H and O–H groups in total. The van der Waals surface area contributed by atoms with Gasteiger partial charge in [-0.3, -0.25) is 5.10 Å². The van der Waals surface area contributed by atoms with Gasteiger partial charge in [0.2, 0.25) is 11.8 Å². The summed E-state index contributed by atoms with van der Waals surface area (Å²) in [6.45, 7) is 1.86. The van der Waals surface area contributed by atoms with E-state index in [1.807, 2.05) is 6.92 Å². The molecule has 16 heavy (non-hydrogen) atoms. The number of methoxy groups -OCH3 is 1. The average molecular weight is 221 g/mol. The number of anilines is 1. The zero-order valence-corrected chi connectivity index (χ0v) is 8.89. The Labute approximate surface area is 91.6 Å². The number of H-pyrrole nitrogens is 1. The molecule has 0 bridgehead atoms. The summed E-state index contributed by atoms with van der Waals surface area (Å²) in [6, 6.07) is 1.73. The average Bonchev–Trinajstić information content (AvgIpc) is 2.67. The van der Waals surface area contributed by atoms with Crippen LogP contribution < -0.4 is 15.2 Å². The highest BCUT2D eigenvalue weighted by molar-refractivity contribution is 5.56. The van der Waals surface area contributed by atoms with Crippen LogP contribution >= 0.6 is 0 Å². The second kappa shape index (κ2) is 4.05. The maximum Gasteiger partial charge on any atom is 0.251 e. The fraction of sp³-hybridized carbons (Fsp3) is 0.222. The van der Waals surface area contributed by atoms with Gasteiger partial charge < -0.3 is 15.2 Å². The van der Waals surface area contributed by atoms with Crippen LogP contribution in [0.5, 0.6) is 17.6 Å². The quantitative estimate of drug-likeness (QED) is 0.798. The molecule has 0 aliphatic heterocycles. The molecule has 0 aromatic carbocycles. The van der Waals surface area contributed by atoms with Gasteiger partial charge in [-0.25, -0.2) is 0 Å². The predicted molar refractivity (Wildman–Crippen MR) is 56.4 cm³/mol. The normalized spacial score (nSPS) is 10.1. The van der Waals surface area contributed by atoms with E-state index in [0.29, 0.717) is 5.88 Å². The van der Waals surface area contributed by atoms with E-state index in [2.05, 4.69) is 20.2 Å². The van der Waals surface area contributed by atoms with E-state index in [9.17, 15) is 0 Å². The van der Waals surface area contributed by atoms with E-state index < -0.39 is 0 Å². The second-order valence-corrected chi connectivity index (χ2v) is 3.09. The molecule has 0 spiro atoms. The third-order valence-corrected chi connectivity index (χ3v) is 1.89. The predicted octanol–water partition coefficient (Wildman–Crippen LogP) is 0.891. The smallest absolute Gasteiger partial charge is 0.251 e. The highest BCUT2D eigenvalue weighted by Gasteiger charge is 2.11. The molecule has 7 heteroatoms. The molecular weight excluding hydrogens is 210 g/mol. The van der Waals surface area contributed by atoms with Gasteiger partial charge in [0.25, 0.3) is 5.88 Å². The maximum atomic E-state index is 5.74. The minimum atomic E-state index is 0.221. The van der Waals surface area contributed by atoms with Gasteiger partial charge in [0.1, 0.15) is 6.33 Å². The van der Waals surface area contributed by atoms with Crippen molar-refractivity contribution in [3.63, 3.8) is 0 Å². The van der Waals surface area contributed by atoms with Crippen LogP contribution in [0.1, 0.15) is 5.69 Å². The van der Waals surface area contributed by atoms with E-state index in [1.54, 1.807) is 6.07 Å². The standard InChI is InChI=1S/C9H11N5O2/c1-5-3-6(14-13-5)16-9-7(10)8(15-2)11-4-12-9/h3-4H,10H2,1-2H3,(H,13,14). The minimum absolute atomic E-state index is 0.221. The van der Waals surface area contributed by atoms with Gasteiger partial charge in [0, 0.05) is 11.8 Å². The maximum absolute atomic E-state index is 5.74. The molecule has 0 unspecified atom stereocenters. The summed E-state index contributed by atoms with van der Waals surface area (Å²) in [6.07, 6.45) is 1.31. The summed E-state index contributed by atoms with van der Waals surface area (Å²) in [4.78, 5) is 7.74. The highest BCUT2D eigenvalue weighted by atomic mass is 16.5. The summed E-state index contributed by atoms with van der Waals surface area (Å²) < 4.78 is 10.3. The lowest BCUT2D eigenvalue weighted by molar-refractivity contribution is 0.389. The number of hydrogen-bond acceptors (Lipinski definition) is 6. The van der Waals surface area contributed by atoms with Crippen molar-refractivity contribution in [3.8, 4) is 17.6 Å². The molecule has 0 aliphatic carbocycles. The second-order valence-electron chi connectivity index (χ2n) is 3.09. The molecule has 0 fully saturated rings. The Bertz CT molecular complexity index is 496. The first kappa shape index (κ1) is 10.2. The van der Waals surface area contributed by atoms with E-state index in [0.717, 1.165) is 5.69 Å². The number of rotatable bonds is 3. The van der Waals surface area contributed by atoms with Crippen LogP contribution in [0, 0.1) is 6.92 Å². The molecule has 0 atom stereocenters. The Morgan fingerprint density at radius 3 is 2.69 bits per heavy atom. The van der Waals surface area contributed by atoms with E-state index in [1.165, 1.54) is 13.4 Å². The number of nitrogens with two attached hydrogens (primary N) is 1. The third kappa shape index (κ3) is 1.88. The monoisotopic (exact) mass is 221 g/mol. The molecule has 2 aromatic rings. The Hall–Kier alpha value is -2.31. The highest BCUT2D eigenvalue weighted by Crippen LogP contribution is 2.29. The van der Waals surface area contributed by atoms with Crippen LogP contribution in [0.25, 0.3) is 0 Å². The summed E-state index contributed by atoms with van der Waals surface area (Å²) in [7, 11) is 1.47. The molecule has 2 heterocycles. The Balaban J connectivity index is 2.28. The molecule has 84 valence electrons. The van der Waals surface area contributed by atoms with Gasteiger partial charge in [0.15, 0.2) is 5.69 Å². The zero-order valence-electron chi connectivity index (χ0n) is 8.89. The number of hydrogen-bond donors (Lipinski definition) is 2. The summed E-state index contributed by atoms with van der Waals surface area (Å²) in [5.41, 5.74) is 6.86. The number of nitrogen functional groups attached to an aromatic ring is 1. The first-order chi connectivity index (χ1) is 7.70. The number of ether oxygens (including phenoxy) is 2. The van der Waals surface area contributed by atoms with E-state index >= 15 is 0 Å². The van der Waals surface area contributed by atoms with Crippen molar-refractivity contribution >= 4 is 5.69 Å². The first-order valence-electron chi connectivity index (χ1n) is 4.55. The minimum Gasteiger partial charge on any atom is -0.479 e. The van der Waals surface area contributed by atoms with Crippen LogP contribution in [-0.4, -0.2) is 27.3 Å². The van der Waals surface area contributed by atoms with Crippen LogP contribution in [0.2, 0.25) is 0 Å². The van der Waals surface area contributed by atoms with Gasteiger partial charge >= 0.3 is 0 Å². The molecule has 2 aromatic heterocycles. The first-order valence-corrected chi connectivity index (χ1v) is 4.55. The number of aromatic amines is 1. The van der Waals surface area contributed by atoms with Crippen molar-refractivity contribution in [2.45, 2.75) is 6.92 Å². The van der Waals surface area contributed by atoms with Gasteiger partial charge in [-0.15, -0.1) is 5.10 Å². The summed E-state index contributed by atoms with van der Waals surface area (Å²) >= 11 is 0. The van der Waals surface area contributed by atoms with Crippen LogP contribution in [0.4, 0.5) is 5.69 Å². The Morgan fingerprint density at radius 1 is 1.31 bits per heavy atom. The number of nitrogens with zero attached hydrogens (tertiary/aromatic N) is 3. The SMILES string of the molecule is COc1ncnc(Oc2cc(C)[nH]n2)c1N. The molecule has 2 rings (SSSR count). The van der Waals surface area contributed by atoms with Crippen molar-refractivity contribution in [3.05, 3.63) is 18.1 Å². The van der Waals surface area contributed by atoms with Crippen molar-refractivity contribution < 1.29 is 9.47 Å². The third-order valence-electron chi connectivity index (χ3n) is 1.89. The molecule has 0 saturated carbocycles. The van der Waals surface area contributed by atoms with Gasteiger partial charge in [-0.2, -0.15) is 9.97 Å². The number of aromatic nitrogens is 4. The fourth-order valence-electron chi connectivity index (χ4n) is 1.15. The number of nitrogens with one attached hydrogen (secondary N) is 1. The van der Waals surface area contributed by atoms with Gasteiger partial charge in [-0.1, -0.05) is 0 Å². The largest absolute Gasteiger partial charge is 0.479 e. The lowest BCUT2D eigenvalue weighted by Crippen LogP contribution is -2.00. The zero-order chi connectivity index (χ0) is 11.5. The summed E-state index contributed by atoms with van der Waals surface area (Å²) in [5, 5.41) is 6.65. The van der Waals surface area contributed by atoms with Gasteiger partial charge in [0.05, 0.1) is 7.11 Å². The van der Waals surface area contributed by atoms with E-state index in [-0.39, 0.29) is 17.4 Å². The van der Waals surface area contributed by atoms with Crippen LogP contribution in [0.15, 0.2) is 12.4 Å². The van der Waals surface area contributed by atoms with Crippen LogP contribution in [-0.2, 0) is 0 Å². The summed E-state index contributed by atoms with van der Waals surface area (Å²) in [5.74, 6) is 0.889. The molecule has 0 saturated heterocycles. The van der Waals surface area contributed by atoms with Crippen molar-refractivity contribution in [2.24, 2.45) is 0 Å². The van der Waals surface area contributed by atoms with Crippen molar-refractivity contribution in [1.29, 1.82) is 0 Å². The Morgan fingerprint density at radius 2 is 2.06 bits per heavy atom. The van der Waals surface area contributed by atoms with Gasteiger partial charge in [-0.05, 0) is 6.92 Å². The molecule has 0 aliphatic rings. The molecule has 7 nitrogen and oxygen atoms in total. The molecular formula is C9H11N5O2. The van der Waals surface area contributed by atoms with Crippen molar-refractivity contribution in [1.82, 2.24) is 20.2 Å². The topological polar surface area (TPSA) is 98.9 Å². The lowest BCUT2D eigenvalue weighted by Gasteiger charge is -2.06. The van der Waals surface area contributed by atoms with Crippen molar-refractivity contribution in [2.75, 3.05) is 12.8 Å². The Kier molecular flexibility index (Phi) is 2.59. The number of aryl methyl sites for hydroxylation is 1. The molecule has 0 radical (unpaired) electrons. The van der Waals surface area contributed by atoms with Crippen LogP contribution in [0.3, 0.4) is 0 Å². The van der Waals surface area contributed by atoms with E-state index in [4.69, 9.17) is 15.2 Å². The fourth-order valence-corrected chi connectivity index (χ4v) is 1.15.